The summed E-state index contributed by atoms with van der Waals surface area (Å²) in [6.45, 7) is 1.96. The van der Waals surface area contributed by atoms with E-state index in [0.29, 0.717) is 12.8 Å². The van der Waals surface area contributed by atoms with E-state index in [-0.39, 0.29) is 18.4 Å². The molecule has 1 aromatic carbocycles. The van der Waals surface area contributed by atoms with Crippen LogP contribution in [0.15, 0.2) is 18.2 Å². The maximum atomic E-state index is 11.3. The number of hydrogen-bond acceptors (Lipinski definition) is 3. The first-order valence-corrected chi connectivity index (χ1v) is 6.45. The van der Waals surface area contributed by atoms with Gasteiger partial charge in [0.05, 0.1) is 0 Å². The Bertz CT molecular complexity index is 499. The number of benzene rings is 1. The summed E-state index contributed by atoms with van der Waals surface area (Å²) in [5, 5.41) is 14.8. The molecular formula is C14H18N2O3. The van der Waals surface area contributed by atoms with Gasteiger partial charge in [-0.3, -0.25) is 9.59 Å². The van der Waals surface area contributed by atoms with E-state index in [1.165, 1.54) is 0 Å². The van der Waals surface area contributed by atoms with Gasteiger partial charge in [0.2, 0.25) is 5.91 Å². The van der Waals surface area contributed by atoms with Crippen molar-refractivity contribution in [1.29, 1.82) is 0 Å². The van der Waals surface area contributed by atoms with Crippen molar-refractivity contribution in [3.8, 4) is 0 Å². The number of rotatable bonds is 5. The van der Waals surface area contributed by atoms with Crippen LogP contribution >= 0.6 is 0 Å². The van der Waals surface area contributed by atoms with Crippen LogP contribution in [0.5, 0.6) is 0 Å². The van der Waals surface area contributed by atoms with Gasteiger partial charge in [-0.2, -0.15) is 0 Å². The molecule has 0 fully saturated rings. The lowest BCUT2D eigenvalue weighted by atomic mass is 10.0. The van der Waals surface area contributed by atoms with Crippen molar-refractivity contribution in [2.24, 2.45) is 0 Å². The van der Waals surface area contributed by atoms with Gasteiger partial charge in [0.1, 0.15) is 0 Å². The summed E-state index contributed by atoms with van der Waals surface area (Å²) in [6.07, 6.45) is 2.02. The van der Waals surface area contributed by atoms with Crippen molar-refractivity contribution in [2.75, 3.05) is 10.6 Å². The number of carboxylic acid groups (broad SMARTS) is 1. The van der Waals surface area contributed by atoms with E-state index < -0.39 is 5.97 Å². The third-order valence-corrected chi connectivity index (χ3v) is 3.21. The fraction of sp³-hybridized carbons (Fsp3) is 0.429. The van der Waals surface area contributed by atoms with Crippen LogP contribution in [0.25, 0.3) is 0 Å². The van der Waals surface area contributed by atoms with Crippen LogP contribution in [-0.4, -0.2) is 23.0 Å². The highest BCUT2D eigenvalue weighted by molar-refractivity contribution is 5.94. The Kier molecular flexibility index (Phi) is 4.04. The van der Waals surface area contributed by atoms with Crippen LogP contribution in [0, 0.1) is 0 Å². The summed E-state index contributed by atoms with van der Waals surface area (Å²) < 4.78 is 0. The highest BCUT2D eigenvalue weighted by atomic mass is 16.4. The number of anilines is 2. The van der Waals surface area contributed by atoms with E-state index >= 15 is 0 Å². The van der Waals surface area contributed by atoms with Crippen LogP contribution in [0.4, 0.5) is 11.4 Å². The zero-order chi connectivity index (χ0) is 13.8. The third-order valence-electron chi connectivity index (χ3n) is 3.21. The predicted molar refractivity (Wildman–Crippen MR) is 73.3 cm³/mol. The van der Waals surface area contributed by atoms with E-state index in [2.05, 4.69) is 10.6 Å². The number of carbonyl (C=O) groups excluding carboxylic acids is 1. The van der Waals surface area contributed by atoms with Gasteiger partial charge in [0, 0.05) is 30.3 Å². The van der Waals surface area contributed by atoms with Crippen molar-refractivity contribution in [3.63, 3.8) is 0 Å². The van der Waals surface area contributed by atoms with Gasteiger partial charge in [-0.05, 0) is 43.5 Å². The molecule has 1 aromatic rings. The summed E-state index contributed by atoms with van der Waals surface area (Å²) in [7, 11) is 0. The number of carboxylic acids is 1. The van der Waals surface area contributed by atoms with E-state index in [1.54, 1.807) is 0 Å². The number of aliphatic carboxylic acids is 1. The Morgan fingerprint density at radius 2 is 2.26 bits per heavy atom. The largest absolute Gasteiger partial charge is 0.481 e. The summed E-state index contributed by atoms with van der Waals surface area (Å²) in [5.74, 6) is -0.718. The van der Waals surface area contributed by atoms with E-state index in [9.17, 15) is 9.59 Å². The highest BCUT2D eigenvalue weighted by Crippen LogP contribution is 2.26. The lowest BCUT2D eigenvalue weighted by Gasteiger charge is -2.20. The Hall–Kier alpha value is -2.04. The van der Waals surface area contributed by atoms with Gasteiger partial charge >= 0.3 is 5.97 Å². The minimum atomic E-state index is -0.776. The fourth-order valence-corrected chi connectivity index (χ4v) is 2.17. The second-order valence-electron chi connectivity index (χ2n) is 4.90. The summed E-state index contributed by atoms with van der Waals surface area (Å²) in [5.41, 5.74) is 2.96. The molecule has 1 atom stereocenters. The molecular weight excluding hydrogens is 244 g/mol. The molecule has 19 heavy (non-hydrogen) atoms. The van der Waals surface area contributed by atoms with E-state index in [0.717, 1.165) is 23.4 Å². The lowest BCUT2D eigenvalue weighted by Crippen LogP contribution is -2.20. The Morgan fingerprint density at radius 1 is 1.47 bits per heavy atom. The SMILES string of the molecule is CC(CCC(=O)O)Nc1ccc2c(c1)CCC(=O)N2. The predicted octanol–water partition coefficient (Wildman–Crippen LogP) is 2.24. The maximum absolute atomic E-state index is 11.3. The number of aryl methyl sites for hydroxylation is 1. The molecule has 3 N–H and O–H groups in total. The van der Waals surface area contributed by atoms with Crippen molar-refractivity contribution >= 4 is 23.3 Å². The van der Waals surface area contributed by atoms with Gasteiger partial charge in [-0.15, -0.1) is 0 Å². The third kappa shape index (κ3) is 3.71. The average Bonchev–Trinajstić information content (AvgIpc) is 2.36. The van der Waals surface area contributed by atoms with Gasteiger partial charge in [-0.25, -0.2) is 0 Å². The van der Waals surface area contributed by atoms with Crippen LogP contribution in [-0.2, 0) is 16.0 Å². The zero-order valence-electron chi connectivity index (χ0n) is 10.9. The Morgan fingerprint density at radius 3 is 3.00 bits per heavy atom. The quantitative estimate of drug-likeness (QED) is 0.760. The minimum Gasteiger partial charge on any atom is -0.481 e. The molecule has 0 saturated heterocycles. The number of carbonyl (C=O) groups is 2. The molecule has 0 aromatic heterocycles. The monoisotopic (exact) mass is 262 g/mol. The van der Waals surface area contributed by atoms with Gasteiger partial charge in [0.25, 0.3) is 0 Å². The molecule has 0 saturated carbocycles. The normalized spacial score (nSPS) is 15.3. The van der Waals surface area contributed by atoms with Crippen molar-refractivity contribution in [3.05, 3.63) is 23.8 Å². The smallest absolute Gasteiger partial charge is 0.303 e. The summed E-state index contributed by atoms with van der Waals surface area (Å²) in [4.78, 5) is 21.8. The number of amides is 1. The average molecular weight is 262 g/mol. The lowest BCUT2D eigenvalue weighted by molar-refractivity contribution is -0.137. The Balaban J connectivity index is 1.98. The number of nitrogens with one attached hydrogen (secondary N) is 2. The first-order chi connectivity index (χ1) is 9.04. The molecule has 2 rings (SSSR count). The van der Waals surface area contributed by atoms with Crippen molar-refractivity contribution in [1.82, 2.24) is 0 Å². The summed E-state index contributed by atoms with van der Waals surface area (Å²) >= 11 is 0. The second-order valence-corrected chi connectivity index (χ2v) is 4.90. The van der Waals surface area contributed by atoms with Gasteiger partial charge in [-0.1, -0.05) is 0 Å². The van der Waals surface area contributed by atoms with Crippen LogP contribution in [0.1, 0.15) is 31.7 Å². The second kappa shape index (κ2) is 5.73. The number of hydrogen-bond donors (Lipinski definition) is 3. The topological polar surface area (TPSA) is 78.4 Å². The molecule has 0 bridgehead atoms. The van der Waals surface area contributed by atoms with Crippen LogP contribution < -0.4 is 10.6 Å². The molecule has 1 aliphatic rings. The molecule has 102 valence electrons. The molecule has 1 amide bonds. The van der Waals surface area contributed by atoms with Crippen LogP contribution in [0.2, 0.25) is 0 Å². The molecule has 5 heteroatoms. The first-order valence-electron chi connectivity index (χ1n) is 6.45. The van der Waals surface area contributed by atoms with Gasteiger partial charge in [0.15, 0.2) is 0 Å². The zero-order valence-corrected chi connectivity index (χ0v) is 10.9. The fourth-order valence-electron chi connectivity index (χ4n) is 2.17. The van der Waals surface area contributed by atoms with Crippen molar-refractivity contribution in [2.45, 2.75) is 38.6 Å². The van der Waals surface area contributed by atoms with E-state index in [4.69, 9.17) is 5.11 Å². The Labute approximate surface area is 112 Å². The first kappa shape index (κ1) is 13.4. The molecule has 1 heterocycles. The van der Waals surface area contributed by atoms with Crippen LogP contribution in [0.3, 0.4) is 0 Å². The highest BCUT2D eigenvalue weighted by Gasteiger charge is 2.15. The minimum absolute atomic E-state index is 0.0584. The molecule has 0 radical (unpaired) electrons. The standard InChI is InChI=1S/C14H18N2O3/c1-9(2-7-14(18)19)15-11-4-5-12-10(8-11)3-6-13(17)16-12/h4-5,8-9,15H,2-3,6-7H2,1H3,(H,16,17)(H,18,19). The van der Waals surface area contributed by atoms with Gasteiger partial charge < -0.3 is 15.7 Å². The molecule has 0 aliphatic carbocycles. The molecule has 1 aliphatic heterocycles. The molecule has 1 unspecified atom stereocenters. The van der Waals surface area contributed by atoms with Crippen molar-refractivity contribution < 1.29 is 14.7 Å². The summed E-state index contributed by atoms with van der Waals surface area (Å²) in [6, 6.07) is 5.92. The molecule has 5 nitrogen and oxygen atoms in total. The van der Waals surface area contributed by atoms with E-state index in [1.807, 2.05) is 25.1 Å². The number of fused-ring (bicyclic) bond motifs is 1. The maximum Gasteiger partial charge on any atom is 0.303 e. The molecule has 0 spiro atoms.